The molecule has 0 unspecified atom stereocenters. The second-order valence-electron chi connectivity index (χ2n) is 3.06. The van der Waals surface area contributed by atoms with E-state index in [4.69, 9.17) is 11.6 Å². The van der Waals surface area contributed by atoms with Crippen molar-refractivity contribution in [3.8, 4) is 0 Å². The SMILES string of the molecule is Fc1ccc(Cl)c(NCc2ccn[nH]2)c1. The lowest BCUT2D eigenvalue weighted by Crippen LogP contribution is -2.00. The van der Waals surface area contributed by atoms with Gasteiger partial charge in [0.15, 0.2) is 0 Å². The zero-order valence-electron chi connectivity index (χ0n) is 7.80. The van der Waals surface area contributed by atoms with Crippen LogP contribution in [-0.4, -0.2) is 10.2 Å². The number of benzene rings is 1. The Morgan fingerprint density at radius 3 is 3.00 bits per heavy atom. The van der Waals surface area contributed by atoms with E-state index in [0.29, 0.717) is 17.3 Å². The largest absolute Gasteiger partial charge is 0.378 e. The predicted molar refractivity (Wildman–Crippen MR) is 57.3 cm³/mol. The number of aromatic nitrogens is 2. The van der Waals surface area contributed by atoms with Crippen molar-refractivity contribution < 1.29 is 4.39 Å². The van der Waals surface area contributed by atoms with Crippen LogP contribution in [0.4, 0.5) is 10.1 Å². The van der Waals surface area contributed by atoms with Crippen molar-refractivity contribution in [2.45, 2.75) is 6.54 Å². The fourth-order valence-corrected chi connectivity index (χ4v) is 1.39. The lowest BCUT2D eigenvalue weighted by molar-refractivity contribution is 0.628. The first-order valence-corrected chi connectivity index (χ1v) is 4.80. The van der Waals surface area contributed by atoms with E-state index in [-0.39, 0.29) is 5.82 Å². The third-order valence-corrected chi connectivity index (χ3v) is 2.29. The van der Waals surface area contributed by atoms with Gasteiger partial charge in [0, 0.05) is 6.20 Å². The first-order chi connectivity index (χ1) is 7.25. The molecule has 0 saturated carbocycles. The summed E-state index contributed by atoms with van der Waals surface area (Å²) in [4.78, 5) is 0. The zero-order chi connectivity index (χ0) is 10.7. The van der Waals surface area contributed by atoms with E-state index in [2.05, 4.69) is 15.5 Å². The molecular weight excluding hydrogens is 217 g/mol. The van der Waals surface area contributed by atoms with Gasteiger partial charge in [0.1, 0.15) is 5.82 Å². The van der Waals surface area contributed by atoms with E-state index in [1.807, 2.05) is 6.07 Å². The second-order valence-corrected chi connectivity index (χ2v) is 3.47. The maximum Gasteiger partial charge on any atom is 0.125 e. The Morgan fingerprint density at radius 2 is 2.27 bits per heavy atom. The summed E-state index contributed by atoms with van der Waals surface area (Å²) in [5.74, 6) is -0.313. The first-order valence-electron chi connectivity index (χ1n) is 4.43. The molecule has 0 atom stereocenters. The molecule has 0 amide bonds. The molecule has 1 aromatic heterocycles. The lowest BCUT2D eigenvalue weighted by Gasteiger charge is -2.06. The van der Waals surface area contributed by atoms with Gasteiger partial charge in [0.2, 0.25) is 0 Å². The maximum absolute atomic E-state index is 12.9. The molecule has 0 saturated heterocycles. The number of halogens is 2. The van der Waals surface area contributed by atoms with Crippen LogP contribution in [-0.2, 0) is 6.54 Å². The van der Waals surface area contributed by atoms with Gasteiger partial charge >= 0.3 is 0 Å². The second kappa shape index (κ2) is 4.31. The van der Waals surface area contributed by atoms with Gasteiger partial charge in [-0.15, -0.1) is 0 Å². The Hall–Kier alpha value is -1.55. The Bertz CT molecular complexity index is 442. The highest BCUT2D eigenvalue weighted by molar-refractivity contribution is 6.33. The Morgan fingerprint density at radius 1 is 1.40 bits per heavy atom. The summed E-state index contributed by atoms with van der Waals surface area (Å²) in [7, 11) is 0. The predicted octanol–water partition coefficient (Wildman–Crippen LogP) is 2.81. The van der Waals surface area contributed by atoms with Crippen LogP contribution < -0.4 is 5.32 Å². The van der Waals surface area contributed by atoms with Gasteiger partial charge in [-0.3, -0.25) is 5.10 Å². The quantitative estimate of drug-likeness (QED) is 0.843. The topological polar surface area (TPSA) is 40.7 Å². The van der Waals surface area contributed by atoms with Crippen LogP contribution in [0.15, 0.2) is 30.5 Å². The minimum absolute atomic E-state index is 0.313. The van der Waals surface area contributed by atoms with Gasteiger partial charge in [-0.05, 0) is 24.3 Å². The summed E-state index contributed by atoms with van der Waals surface area (Å²) in [6.07, 6.45) is 1.66. The third kappa shape index (κ3) is 2.47. The smallest absolute Gasteiger partial charge is 0.125 e. The first kappa shape index (κ1) is 9.98. The van der Waals surface area contributed by atoms with E-state index in [9.17, 15) is 4.39 Å². The summed E-state index contributed by atoms with van der Waals surface area (Å²) in [5, 5.41) is 10.1. The number of hydrogen-bond acceptors (Lipinski definition) is 2. The van der Waals surface area contributed by atoms with E-state index in [0.717, 1.165) is 5.69 Å². The van der Waals surface area contributed by atoms with Crippen LogP contribution in [0.1, 0.15) is 5.69 Å². The van der Waals surface area contributed by atoms with Crippen LogP contribution >= 0.6 is 11.6 Å². The van der Waals surface area contributed by atoms with Crippen LogP contribution in [0.25, 0.3) is 0 Å². The number of hydrogen-bond donors (Lipinski definition) is 2. The van der Waals surface area contributed by atoms with Crippen molar-refractivity contribution in [2.24, 2.45) is 0 Å². The molecule has 2 N–H and O–H groups in total. The molecule has 0 aliphatic rings. The van der Waals surface area contributed by atoms with Crippen LogP contribution in [0.3, 0.4) is 0 Å². The summed E-state index contributed by atoms with van der Waals surface area (Å²) in [5.41, 5.74) is 1.49. The molecule has 2 rings (SSSR count). The number of nitrogens with zero attached hydrogens (tertiary/aromatic N) is 1. The number of anilines is 1. The fourth-order valence-electron chi connectivity index (χ4n) is 1.21. The Labute approximate surface area is 91.3 Å². The van der Waals surface area contributed by atoms with Crippen LogP contribution in [0, 0.1) is 5.82 Å². The zero-order valence-corrected chi connectivity index (χ0v) is 8.55. The number of H-pyrrole nitrogens is 1. The maximum atomic E-state index is 12.9. The summed E-state index contributed by atoms with van der Waals surface area (Å²) in [6, 6.07) is 6.04. The summed E-state index contributed by atoms with van der Waals surface area (Å²) >= 11 is 5.88. The average Bonchev–Trinajstić information content (AvgIpc) is 2.72. The minimum atomic E-state index is -0.313. The molecule has 0 fully saturated rings. The van der Waals surface area contributed by atoms with E-state index in [1.54, 1.807) is 6.20 Å². The lowest BCUT2D eigenvalue weighted by atomic mass is 10.3. The van der Waals surface area contributed by atoms with Crippen molar-refractivity contribution in [1.82, 2.24) is 10.2 Å². The number of rotatable bonds is 3. The Kier molecular flexibility index (Phi) is 2.87. The molecule has 0 radical (unpaired) electrons. The monoisotopic (exact) mass is 225 g/mol. The van der Waals surface area contributed by atoms with Gasteiger partial charge in [-0.25, -0.2) is 4.39 Å². The molecule has 5 heteroatoms. The molecular formula is C10H9ClFN3. The highest BCUT2D eigenvalue weighted by Gasteiger charge is 2.01. The summed E-state index contributed by atoms with van der Waals surface area (Å²) in [6.45, 7) is 0.531. The van der Waals surface area contributed by atoms with Gasteiger partial charge in [0.05, 0.1) is 22.9 Å². The molecule has 1 aromatic carbocycles. The molecule has 2 aromatic rings. The minimum Gasteiger partial charge on any atom is -0.378 e. The molecule has 0 bridgehead atoms. The third-order valence-electron chi connectivity index (χ3n) is 1.96. The summed E-state index contributed by atoms with van der Waals surface area (Å²) < 4.78 is 12.9. The van der Waals surface area contributed by atoms with Crippen LogP contribution in [0.5, 0.6) is 0 Å². The van der Waals surface area contributed by atoms with Crippen molar-refractivity contribution in [3.05, 3.63) is 47.0 Å². The molecule has 15 heavy (non-hydrogen) atoms. The highest BCUT2D eigenvalue weighted by atomic mass is 35.5. The van der Waals surface area contributed by atoms with Crippen LogP contribution in [0.2, 0.25) is 5.02 Å². The molecule has 0 spiro atoms. The molecule has 0 aliphatic carbocycles. The van der Waals surface area contributed by atoms with Gasteiger partial charge in [0.25, 0.3) is 0 Å². The molecule has 3 nitrogen and oxygen atoms in total. The molecule has 78 valence electrons. The van der Waals surface area contributed by atoms with Gasteiger partial charge in [-0.2, -0.15) is 5.10 Å². The van der Waals surface area contributed by atoms with Crippen molar-refractivity contribution in [2.75, 3.05) is 5.32 Å². The molecule has 1 heterocycles. The Balaban J connectivity index is 2.07. The number of nitrogens with one attached hydrogen (secondary N) is 2. The number of aromatic amines is 1. The highest BCUT2D eigenvalue weighted by Crippen LogP contribution is 2.22. The van der Waals surface area contributed by atoms with E-state index in [1.165, 1.54) is 18.2 Å². The van der Waals surface area contributed by atoms with Gasteiger partial charge in [-0.1, -0.05) is 11.6 Å². The fraction of sp³-hybridized carbons (Fsp3) is 0.100. The van der Waals surface area contributed by atoms with Gasteiger partial charge < -0.3 is 5.32 Å². The standard InChI is InChI=1S/C10H9ClFN3/c11-9-2-1-7(12)5-10(9)13-6-8-3-4-14-15-8/h1-5,13H,6H2,(H,14,15). The normalized spacial score (nSPS) is 10.3. The van der Waals surface area contributed by atoms with E-state index < -0.39 is 0 Å². The van der Waals surface area contributed by atoms with Crippen molar-refractivity contribution >= 4 is 17.3 Å². The van der Waals surface area contributed by atoms with Crippen molar-refractivity contribution in [1.29, 1.82) is 0 Å². The van der Waals surface area contributed by atoms with E-state index >= 15 is 0 Å². The molecule has 0 aliphatic heterocycles. The van der Waals surface area contributed by atoms with Crippen molar-refractivity contribution in [3.63, 3.8) is 0 Å². The average molecular weight is 226 g/mol.